The van der Waals surface area contributed by atoms with E-state index in [2.05, 4.69) is 29.3 Å². The number of rotatable bonds is 6. The van der Waals surface area contributed by atoms with Crippen LogP contribution in [0.3, 0.4) is 0 Å². The molecule has 3 nitrogen and oxygen atoms in total. The molecule has 0 heterocycles. The summed E-state index contributed by atoms with van der Waals surface area (Å²) in [5.41, 5.74) is 0.489. The van der Waals surface area contributed by atoms with Crippen molar-refractivity contribution in [3.05, 3.63) is 29.8 Å². The zero-order valence-corrected chi connectivity index (χ0v) is 10.6. The van der Waals surface area contributed by atoms with E-state index < -0.39 is 0 Å². The molecule has 0 aliphatic heterocycles. The Morgan fingerprint density at radius 3 is 2.65 bits per heavy atom. The summed E-state index contributed by atoms with van der Waals surface area (Å²) in [7, 11) is 0. The topological polar surface area (TPSA) is 38.7 Å². The number of hydrogen-bond donors (Lipinski definition) is 0. The molecule has 0 aromatic heterocycles. The van der Waals surface area contributed by atoms with Crippen LogP contribution in [0.2, 0.25) is 0 Å². The Hall–Kier alpha value is -1.51. The van der Waals surface area contributed by atoms with Crippen LogP contribution >= 0.6 is 12.2 Å². The number of nitrogens with zero attached hydrogens (tertiary/aromatic N) is 1. The maximum atomic E-state index is 11.3. The lowest BCUT2D eigenvalue weighted by Crippen LogP contribution is -1.98. The largest absolute Gasteiger partial charge is 0.494 e. The highest BCUT2D eigenvalue weighted by Gasteiger charge is 2.03. The maximum Gasteiger partial charge on any atom is 0.285 e. The minimum absolute atomic E-state index is 0.377. The van der Waals surface area contributed by atoms with Crippen LogP contribution < -0.4 is 4.74 Å². The van der Waals surface area contributed by atoms with Gasteiger partial charge < -0.3 is 4.74 Å². The maximum absolute atomic E-state index is 11.3. The summed E-state index contributed by atoms with van der Waals surface area (Å²) in [5.74, 6) is 0.390. The van der Waals surface area contributed by atoms with Gasteiger partial charge in [-0.15, -0.1) is 0 Å². The van der Waals surface area contributed by atoms with Crippen LogP contribution in [-0.4, -0.2) is 17.7 Å². The standard InChI is InChI=1S/C13H15NO2S/c1-2-3-4-9-16-12-7-5-11(6-8-12)13(15)14-10-17/h5-8H,2-4,9H2,1H3. The Bertz CT molecular complexity index is 408. The summed E-state index contributed by atoms with van der Waals surface area (Å²) in [4.78, 5) is 14.7. The van der Waals surface area contributed by atoms with E-state index in [1.165, 1.54) is 12.8 Å². The number of thiocarbonyl (C=S) groups is 1. The van der Waals surface area contributed by atoms with Gasteiger partial charge in [-0.2, -0.15) is 4.99 Å². The van der Waals surface area contributed by atoms with Crippen molar-refractivity contribution >= 4 is 23.3 Å². The fraction of sp³-hybridized carbons (Fsp3) is 0.385. The Labute approximate surface area is 107 Å². The van der Waals surface area contributed by atoms with E-state index in [-0.39, 0.29) is 5.91 Å². The smallest absolute Gasteiger partial charge is 0.285 e. The zero-order chi connectivity index (χ0) is 12.5. The molecule has 0 unspecified atom stereocenters. The van der Waals surface area contributed by atoms with Crippen LogP contribution in [0.25, 0.3) is 0 Å². The van der Waals surface area contributed by atoms with Crippen LogP contribution in [0, 0.1) is 0 Å². The molecule has 0 bridgehead atoms. The Morgan fingerprint density at radius 1 is 1.35 bits per heavy atom. The molecule has 1 amide bonds. The summed E-state index contributed by atoms with van der Waals surface area (Å²) in [5, 5.41) is 2.06. The number of amides is 1. The molecule has 1 rings (SSSR count). The van der Waals surface area contributed by atoms with Gasteiger partial charge in [-0.1, -0.05) is 19.8 Å². The van der Waals surface area contributed by atoms with E-state index in [4.69, 9.17) is 4.74 Å². The normalized spacial score (nSPS) is 9.47. The summed E-state index contributed by atoms with van der Waals surface area (Å²) in [6.45, 7) is 2.86. The highest BCUT2D eigenvalue weighted by atomic mass is 32.1. The fourth-order valence-electron chi connectivity index (χ4n) is 1.34. The Balaban J connectivity index is 2.50. The lowest BCUT2D eigenvalue weighted by atomic mass is 10.2. The number of ether oxygens (including phenoxy) is 1. The van der Waals surface area contributed by atoms with Crippen molar-refractivity contribution in [3.63, 3.8) is 0 Å². The van der Waals surface area contributed by atoms with Crippen molar-refractivity contribution in [2.24, 2.45) is 4.99 Å². The highest BCUT2D eigenvalue weighted by Crippen LogP contribution is 2.13. The van der Waals surface area contributed by atoms with E-state index >= 15 is 0 Å². The van der Waals surface area contributed by atoms with E-state index in [1.54, 1.807) is 24.3 Å². The van der Waals surface area contributed by atoms with Crippen LogP contribution in [0.15, 0.2) is 29.3 Å². The van der Waals surface area contributed by atoms with Gasteiger partial charge in [-0.25, -0.2) is 0 Å². The first-order valence-corrected chi connectivity index (χ1v) is 6.03. The first kappa shape index (κ1) is 13.6. The lowest BCUT2D eigenvalue weighted by Gasteiger charge is -2.05. The second-order valence-corrected chi connectivity index (χ2v) is 3.77. The quantitative estimate of drug-likeness (QED) is 0.440. The molecule has 17 heavy (non-hydrogen) atoms. The van der Waals surface area contributed by atoms with Crippen molar-refractivity contribution < 1.29 is 9.53 Å². The van der Waals surface area contributed by atoms with Crippen LogP contribution in [-0.2, 0) is 0 Å². The van der Waals surface area contributed by atoms with Gasteiger partial charge in [0.05, 0.1) is 11.8 Å². The molecular formula is C13H15NO2S. The number of hydrogen-bond acceptors (Lipinski definition) is 3. The monoisotopic (exact) mass is 249 g/mol. The zero-order valence-electron chi connectivity index (χ0n) is 9.81. The number of benzene rings is 1. The summed E-state index contributed by atoms with van der Waals surface area (Å²) < 4.78 is 5.52. The Kier molecular flexibility index (Phi) is 6.15. The van der Waals surface area contributed by atoms with Crippen molar-refractivity contribution in [2.75, 3.05) is 6.61 Å². The first-order chi connectivity index (χ1) is 8.27. The van der Waals surface area contributed by atoms with Gasteiger partial charge in [-0.05, 0) is 42.9 Å². The lowest BCUT2D eigenvalue weighted by molar-refractivity contribution is 0.100. The molecule has 1 aromatic rings. The van der Waals surface area contributed by atoms with E-state index in [9.17, 15) is 4.79 Å². The molecule has 0 saturated carbocycles. The second kappa shape index (κ2) is 7.71. The van der Waals surface area contributed by atoms with Crippen LogP contribution in [0.4, 0.5) is 0 Å². The van der Waals surface area contributed by atoms with Crippen molar-refractivity contribution in [2.45, 2.75) is 26.2 Å². The third-order valence-electron chi connectivity index (χ3n) is 2.27. The molecule has 0 aliphatic carbocycles. The van der Waals surface area contributed by atoms with E-state index in [1.807, 2.05) is 0 Å². The fourth-order valence-corrected chi connectivity index (χ4v) is 1.42. The molecule has 0 N–H and O–H groups in total. The third-order valence-corrected chi connectivity index (χ3v) is 2.36. The van der Waals surface area contributed by atoms with Crippen LogP contribution in [0.1, 0.15) is 36.5 Å². The Morgan fingerprint density at radius 2 is 2.06 bits per heavy atom. The number of carbonyl (C=O) groups is 1. The molecule has 0 aliphatic rings. The average Bonchev–Trinajstić information content (AvgIpc) is 2.36. The first-order valence-electron chi connectivity index (χ1n) is 5.63. The molecule has 0 spiro atoms. The van der Waals surface area contributed by atoms with Gasteiger partial charge in [-0.3, -0.25) is 4.79 Å². The number of isothiocyanates is 1. The van der Waals surface area contributed by atoms with Gasteiger partial charge in [0.1, 0.15) is 5.75 Å². The summed E-state index contributed by atoms with van der Waals surface area (Å²) in [6.07, 6.45) is 3.39. The van der Waals surface area contributed by atoms with Crippen LogP contribution in [0.5, 0.6) is 5.75 Å². The van der Waals surface area contributed by atoms with Crippen molar-refractivity contribution in [1.82, 2.24) is 0 Å². The predicted molar refractivity (Wildman–Crippen MR) is 70.8 cm³/mol. The molecular weight excluding hydrogens is 234 g/mol. The number of unbranched alkanes of at least 4 members (excludes halogenated alkanes) is 2. The molecule has 4 heteroatoms. The minimum Gasteiger partial charge on any atom is -0.494 e. The average molecular weight is 249 g/mol. The predicted octanol–water partition coefficient (Wildman–Crippen LogP) is 3.50. The molecule has 1 aromatic carbocycles. The van der Waals surface area contributed by atoms with Crippen molar-refractivity contribution in [1.29, 1.82) is 0 Å². The molecule has 0 atom stereocenters. The van der Waals surface area contributed by atoms with Gasteiger partial charge in [0.15, 0.2) is 0 Å². The molecule has 90 valence electrons. The SMILES string of the molecule is CCCCCOc1ccc(C(=O)N=C=S)cc1. The summed E-state index contributed by atoms with van der Waals surface area (Å²) >= 11 is 4.37. The van der Waals surface area contributed by atoms with Gasteiger partial charge >= 0.3 is 0 Å². The second-order valence-electron chi connectivity index (χ2n) is 3.59. The number of aliphatic imine (C=N–C) groups is 1. The van der Waals surface area contributed by atoms with E-state index in [0.29, 0.717) is 12.2 Å². The van der Waals surface area contributed by atoms with Gasteiger partial charge in [0.2, 0.25) is 0 Å². The third kappa shape index (κ3) is 4.89. The molecule has 0 saturated heterocycles. The minimum atomic E-state index is -0.377. The number of carbonyl (C=O) groups excluding carboxylic acids is 1. The highest BCUT2D eigenvalue weighted by molar-refractivity contribution is 7.78. The van der Waals surface area contributed by atoms with Gasteiger partial charge in [0, 0.05) is 5.56 Å². The van der Waals surface area contributed by atoms with E-state index in [0.717, 1.165) is 12.2 Å². The summed E-state index contributed by atoms with van der Waals surface area (Å²) in [6, 6.07) is 6.87. The molecule has 0 fully saturated rings. The van der Waals surface area contributed by atoms with Gasteiger partial charge in [0.25, 0.3) is 5.91 Å². The molecule has 0 radical (unpaired) electrons. The van der Waals surface area contributed by atoms with Crippen molar-refractivity contribution in [3.8, 4) is 5.75 Å².